The number of ether oxygens (including phenoxy) is 1. The van der Waals surface area contributed by atoms with Crippen molar-refractivity contribution in [2.75, 3.05) is 13.2 Å². The number of rotatable bonds is 8. The van der Waals surface area contributed by atoms with Gasteiger partial charge >= 0.3 is 5.97 Å². The second-order valence-electron chi connectivity index (χ2n) is 4.99. The van der Waals surface area contributed by atoms with Crippen LogP contribution in [0.4, 0.5) is 0 Å². The van der Waals surface area contributed by atoms with E-state index in [1.807, 2.05) is 13.8 Å². The lowest BCUT2D eigenvalue weighted by molar-refractivity contribution is -0.143. The number of carboxylic acids is 1. The lowest BCUT2D eigenvalue weighted by atomic mass is 10.0. The molecule has 102 valence electrons. The summed E-state index contributed by atoms with van der Waals surface area (Å²) in [5, 5.41) is 11.5. The molecule has 1 fully saturated rings. The molecule has 0 aromatic heterocycles. The molecule has 0 radical (unpaired) electrons. The molecule has 0 saturated heterocycles. The normalized spacial score (nSPS) is 27.3. The lowest BCUT2D eigenvalue weighted by Gasteiger charge is -2.15. The third-order valence-corrected chi connectivity index (χ3v) is 3.61. The molecule has 0 heterocycles. The van der Waals surface area contributed by atoms with Gasteiger partial charge in [0.15, 0.2) is 6.04 Å². The van der Waals surface area contributed by atoms with Gasteiger partial charge in [0.25, 0.3) is 0 Å². The molecule has 0 bridgehead atoms. The summed E-state index contributed by atoms with van der Waals surface area (Å²) in [7, 11) is 0. The number of amides is 1. The van der Waals surface area contributed by atoms with Gasteiger partial charge in [0.05, 0.1) is 13.2 Å². The summed E-state index contributed by atoms with van der Waals surface area (Å²) in [6.45, 7) is 7.79. The summed E-state index contributed by atoms with van der Waals surface area (Å²) in [4.78, 5) is 22.9. The highest BCUT2D eigenvalue weighted by Crippen LogP contribution is 2.54. The van der Waals surface area contributed by atoms with Crippen molar-refractivity contribution in [2.24, 2.45) is 11.3 Å². The van der Waals surface area contributed by atoms with Gasteiger partial charge in [0.1, 0.15) is 0 Å². The van der Waals surface area contributed by atoms with Crippen LogP contribution in [-0.2, 0) is 14.3 Å². The van der Waals surface area contributed by atoms with E-state index in [9.17, 15) is 9.59 Å². The highest BCUT2D eigenvalue weighted by Gasteiger charge is 2.53. The number of carbonyl (C=O) groups is 2. The molecular formula is C13H21NO4. The van der Waals surface area contributed by atoms with E-state index in [0.717, 1.165) is 12.8 Å². The van der Waals surface area contributed by atoms with Crippen LogP contribution >= 0.6 is 0 Å². The Balaban J connectivity index is 2.44. The van der Waals surface area contributed by atoms with Gasteiger partial charge < -0.3 is 15.2 Å². The molecule has 5 nitrogen and oxygen atoms in total. The fraction of sp³-hybridized carbons (Fsp3) is 0.692. The van der Waals surface area contributed by atoms with Gasteiger partial charge in [-0.1, -0.05) is 19.9 Å². The van der Waals surface area contributed by atoms with Gasteiger partial charge in [0.2, 0.25) is 5.91 Å². The van der Waals surface area contributed by atoms with Crippen LogP contribution < -0.4 is 5.32 Å². The predicted octanol–water partition coefficient (Wildman–Crippen LogP) is 1.19. The van der Waals surface area contributed by atoms with Gasteiger partial charge in [0, 0.05) is 5.92 Å². The topological polar surface area (TPSA) is 75.6 Å². The molecule has 0 aliphatic heterocycles. The standard InChI is InChI=1S/C13H21NO4/c1-4-6-18-8-10(12(16)17)14-11(15)9-7-13(9,3)5-2/h4,9-10H,1,5-8H2,2-3H3,(H,14,15)(H,16,17). The SMILES string of the molecule is C=CCOCC(NC(=O)C1CC1(C)CC)C(=O)O. The maximum absolute atomic E-state index is 11.9. The molecule has 2 N–H and O–H groups in total. The number of nitrogens with one attached hydrogen (secondary N) is 1. The zero-order valence-corrected chi connectivity index (χ0v) is 10.9. The van der Waals surface area contributed by atoms with Gasteiger partial charge in [-0.15, -0.1) is 6.58 Å². The Morgan fingerprint density at radius 1 is 1.67 bits per heavy atom. The maximum atomic E-state index is 11.9. The summed E-state index contributed by atoms with van der Waals surface area (Å²) in [6, 6.07) is -0.987. The van der Waals surface area contributed by atoms with Crippen molar-refractivity contribution in [3.63, 3.8) is 0 Å². The zero-order chi connectivity index (χ0) is 13.8. The largest absolute Gasteiger partial charge is 0.480 e. The lowest BCUT2D eigenvalue weighted by Crippen LogP contribution is -2.45. The minimum atomic E-state index is -1.08. The summed E-state index contributed by atoms with van der Waals surface area (Å²) < 4.78 is 5.07. The van der Waals surface area contributed by atoms with E-state index in [1.165, 1.54) is 6.08 Å². The van der Waals surface area contributed by atoms with E-state index in [4.69, 9.17) is 9.84 Å². The molecule has 0 aromatic rings. The van der Waals surface area contributed by atoms with Crippen LogP contribution in [0.3, 0.4) is 0 Å². The van der Waals surface area contributed by atoms with E-state index >= 15 is 0 Å². The van der Waals surface area contributed by atoms with Crippen LogP contribution in [0.5, 0.6) is 0 Å². The summed E-state index contributed by atoms with van der Waals surface area (Å²) in [5.74, 6) is -1.33. The number of aliphatic carboxylic acids is 1. The van der Waals surface area contributed by atoms with Crippen molar-refractivity contribution in [1.82, 2.24) is 5.32 Å². The Labute approximate surface area is 107 Å². The molecule has 1 aliphatic carbocycles. The van der Waals surface area contributed by atoms with Crippen LogP contribution in [0.2, 0.25) is 0 Å². The maximum Gasteiger partial charge on any atom is 0.328 e. The average molecular weight is 255 g/mol. The molecule has 1 amide bonds. The van der Waals surface area contributed by atoms with Crippen molar-refractivity contribution >= 4 is 11.9 Å². The molecule has 3 atom stereocenters. The molecule has 3 unspecified atom stereocenters. The van der Waals surface area contributed by atoms with Gasteiger partial charge in [-0.3, -0.25) is 4.79 Å². The number of hydrogen-bond donors (Lipinski definition) is 2. The second kappa shape index (κ2) is 6.00. The minimum absolute atomic E-state index is 0.0368. The Kier molecular flexibility index (Phi) is 4.90. The molecule has 0 spiro atoms. The van der Waals surface area contributed by atoms with Gasteiger partial charge in [-0.05, 0) is 18.3 Å². The van der Waals surface area contributed by atoms with Crippen LogP contribution in [0.25, 0.3) is 0 Å². The van der Waals surface area contributed by atoms with Crippen molar-refractivity contribution in [2.45, 2.75) is 32.7 Å². The molecule has 0 aromatic carbocycles. The Bertz CT molecular complexity index is 342. The fourth-order valence-electron chi connectivity index (χ4n) is 1.92. The quantitative estimate of drug-likeness (QED) is 0.504. The van der Waals surface area contributed by atoms with Crippen LogP contribution in [-0.4, -0.2) is 36.2 Å². The molecular weight excluding hydrogens is 234 g/mol. The monoisotopic (exact) mass is 255 g/mol. The molecule has 1 rings (SSSR count). The van der Waals surface area contributed by atoms with E-state index in [0.29, 0.717) is 0 Å². The first-order valence-corrected chi connectivity index (χ1v) is 6.16. The van der Waals surface area contributed by atoms with E-state index < -0.39 is 12.0 Å². The van der Waals surface area contributed by atoms with Crippen molar-refractivity contribution < 1.29 is 19.4 Å². The molecule has 18 heavy (non-hydrogen) atoms. The van der Waals surface area contributed by atoms with Crippen LogP contribution in [0.1, 0.15) is 26.7 Å². The minimum Gasteiger partial charge on any atom is -0.480 e. The first-order valence-electron chi connectivity index (χ1n) is 6.16. The highest BCUT2D eigenvalue weighted by atomic mass is 16.5. The second-order valence-corrected chi connectivity index (χ2v) is 4.99. The average Bonchev–Trinajstić information content (AvgIpc) is 3.01. The van der Waals surface area contributed by atoms with Gasteiger partial charge in [-0.25, -0.2) is 4.79 Å². The van der Waals surface area contributed by atoms with E-state index in [1.54, 1.807) is 0 Å². The van der Waals surface area contributed by atoms with Crippen molar-refractivity contribution in [3.8, 4) is 0 Å². The Morgan fingerprint density at radius 3 is 2.78 bits per heavy atom. The first-order chi connectivity index (χ1) is 8.44. The molecule has 1 aliphatic rings. The Hall–Kier alpha value is -1.36. The molecule has 5 heteroatoms. The van der Waals surface area contributed by atoms with Crippen LogP contribution in [0, 0.1) is 11.3 Å². The van der Waals surface area contributed by atoms with Crippen molar-refractivity contribution in [3.05, 3.63) is 12.7 Å². The van der Waals surface area contributed by atoms with E-state index in [2.05, 4.69) is 11.9 Å². The predicted molar refractivity (Wildman–Crippen MR) is 67.1 cm³/mol. The van der Waals surface area contributed by atoms with E-state index in [-0.39, 0.29) is 30.5 Å². The summed E-state index contributed by atoms with van der Waals surface area (Å²) in [5.41, 5.74) is 0.0368. The zero-order valence-electron chi connectivity index (χ0n) is 10.9. The first kappa shape index (κ1) is 14.7. The summed E-state index contributed by atoms with van der Waals surface area (Å²) >= 11 is 0. The third kappa shape index (κ3) is 3.57. The van der Waals surface area contributed by atoms with Crippen LogP contribution in [0.15, 0.2) is 12.7 Å². The van der Waals surface area contributed by atoms with Crippen molar-refractivity contribution in [1.29, 1.82) is 0 Å². The fourth-order valence-corrected chi connectivity index (χ4v) is 1.92. The number of hydrogen-bond acceptors (Lipinski definition) is 3. The number of carboxylic acid groups (broad SMARTS) is 1. The van der Waals surface area contributed by atoms with Gasteiger partial charge in [-0.2, -0.15) is 0 Å². The number of carbonyl (C=O) groups excluding carboxylic acids is 1. The highest BCUT2D eigenvalue weighted by molar-refractivity contribution is 5.87. The smallest absolute Gasteiger partial charge is 0.328 e. The summed E-state index contributed by atoms with van der Waals surface area (Å²) in [6.07, 6.45) is 3.29. The third-order valence-electron chi connectivity index (χ3n) is 3.61. The molecule has 1 saturated carbocycles. The Morgan fingerprint density at radius 2 is 2.33 bits per heavy atom.